The summed E-state index contributed by atoms with van der Waals surface area (Å²) in [6.07, 6.45) is 15.8. The van der Waals surface area contributed by atoms with Gasteiger partial charge in [-0.15, -0.1) is 41.6 Å². The molecule has 0 bridgehead atoms. The molecule has 254 valence electrons. The fourth-order valence-electron chi connectivity index (χ4n) is 4.96. The quantitative estimate of drug-likeness (QED) is 0.123. The Morgan fingerprint density at radius 3 is 2.18 bits per heavy atom. The number of ether oxygens (including phenoxy) is 1. The minimum Gasteiger partial charge on any atom is -0.669 e. The van der Waals surface area contributed by atoms with Gasteiger partial charge in [-0.1, -0.05) is 56.3 Å². The fourth-order valence-corrected chi connectivity index (χ4v) is 4.96. The molecular formula is C43H33N4OPt2-3. The molecule has 50 heavy (non-hydrogen) atoms. The van der Waals surface area contributed by atoms with E-state index in [-0.39, 0.29) is 47.5 Å². The van der Waals surface area contributed by atoms with E-state index in [1.165, 1.54) is 11.1 Å². The third-order valence-corrected chi connectivity index (χ3v) is 7.59. The van der Waals surface area contributed by atoms with Gasteiger partial charge in [0, 0.05) is 39.2 Å². The molecule has 5 nitrogen and oxygen atoms in total. The van der Waals surface area contributed by atoms with Crippen molar-refractivity contribution in [2.75, 3.05) is 11.9 Å². The van der Waals surface area contributed by atoms with Crippen LogP contribution in [-0.2, 0) is 47.5 Å². The smallest absolute Gasteiger partial charge is 0.669 e. The van der Waals surface area contributed by atoms with Crippen molar-refractivity contribution in [1.29, 1.82) is 0 Å². The molecule has 0 amide bonds. The summed E-state index contributed by atoms with van der Waals surface area (Å²) in [5.41, 5.74) is 7.80. The van der Waals surface area contributed by atoms with Crippen LogP contribution in [0.5, 0.6) is 11.5 Å². The van der Waals surface area contributed by atoms with Crippen LogP contribution >= 0.6 is 0 Å². The van der Waals surface area contributed by atoms with Crippen LogP contribution in [0.25, 0.3) is 33.5 Å². The molecular weight excluding hydrogens is 979 g/mol. The van der Waals surface area contributed by atoms with Crippen molar-refractivity contribution in [2.24, 2.45) is 0 Å². The summed E-state index contributed by atoms with van der Waals surface area (Å²) in [5, 5.41) is 0. The van der Waals surface area contributed by atoms with Crippen molar-refractivity contribution in [3.8, 4) is 51.1 Å². The maximum Gasteiger partial charge on any atom is 4.00 e. The molecule has 1 aliphatic heterocycles. The molecule has 1 aliphatic rings. The zero-order chi connectivity index (χ0) is 33.5. The summed E-state index contributed by atoms with van der Waals surface area (Å²) in [4.78, 5) is 8.49. The molecule has 7 heteroatoms. The van der Waals surface area contributed by atoms with Gasteiger partial charge in [0.1, 0.15) is 0 Å². The molecule has 0 radical (unpaired) electrons. The first kappa shape index (κ1) is 38.2. The van der Waals surface area contributed by atoms with E-state index >= 15 is 0 Å². The second-order valence-electron chi connectivity index (χ2n) is 12.2. The van der Waals surface area contributed by atoms with E-state index in [2.05, 4.69) is 98.5 Å². The van der Waals surface area contributed by atoms with Crippen LogP contribution in [-0.4, -0.2) is 21.5 Å². The van der Waals surface area contributed by atoms with Crippen LogP contribution in [0.15, 0.2) is 122 Å². The Hall–Kier alpha value is -4.61. The molecule has 0 aliphatic carbocycles. The summed E-state index contributed by atoms with van der Waals surface area (Å²) >= 11 is 0. The Balaban J connectivity index is 0.000000559. The Morgan fingerprint density at radius 2 is 1.54 bits per heavy atom. The fraction of sp³-hybridized carbons (Fsp3) is 0.116. The van der Waals surface area contributed by atoms with E-state index in [4.69, 9.17) is 11.2 Å². The third kappa shape index (κ3) is 9.76. The topological polar surface area (TPSA) is 33.5 Å². The molecule has 7 rings (SSSR count). The number of pyridine rings is 1. The SMILES string of the molecule is CN1C=CN(c2[c-]c(Oc3[c-]c(-c4[c-]c(-c5[c-]cc(-c6ccc(C(C)(C)C)cc6)cc5)ccn4)[c-]cc3)ccc2)[CH-]1.[C-]#Cn1cccc1.[Pt+4].[Pt]. The molecule has 2 aromatic heterocycles. The molecule has 0 unspecified atom stereocenters. The Morgan fingerprint density at radius 1 is 0.800 bits per heavy atom. The van der Waals surface area contributed by atoms with E-state index in [1.807, 2.05) is 90.5 Å². The van der Waals surface area contributed by atoms with Gasteiger partial charge in [-0.2, -0.15) is 42.7 Å². The molecule has 0 spiro atoms. The van der Waals surface area contributed by atoms with Crippen LogP contribution in [0.2, 0.25) is 0 Å². The largest absolute Gasteiger partial charge is 4.00 e. The Kier molecular flexibility index (Phi) is 13.3. The number of hydrogen-bond donors (Lipinski definition) is 0. The van der Waals surface area contributed by atoms with Gasteiger partial charge in [0.15, 0.2) is 0 Å². The standard InChI is InChI=1S/C37H29N3O.C6H4N.2Pt/c1-37(2,3)32-17-15-28(16-18-32)27-11-13-29(14-12-27)30-19-20-38-36(24-30)31-7-5-9-34(23-31)41-35-10-6-8-33(25-35)40-22-21-39(4)26-40;1-2-7-5-3-4-6-7;;/h5-6,8-13,15-22,26H,1-4H3;3-6H;;/q-6;-1;;+4. The molecule has 0 atom stereocenters. The molecule has 4 aromatic carbocycles. The van der Waals surface area contributed by atoms with Gasteiger partial charge in [-0.05, 0) is 48.8 Å². The maximum absolute atomic E-state index is 6.57. The number of nitrogens with zero attached hydrogens (tertiary/aromatic N) is 4. The number of benzene rings is 4. The van der Waals surface area contributed by atoms with Gasteiger partial charge >= 0.3 is 21.1 Å². The Labute approximate surface area is 325 Å². The van der Waals surface area contributed by atoms with E-state index in [1.54, 1.807) is 23.2 Å². The van der Waals surface area contributed by atoms with E-state index in [0.717, 1.165) is 22.4 Å². The number of rotatable bonds is 6. The van der Waals surface area contributed by atoms with Gasteiger partial charge in [-0.25, -0.2) is 23.2 Å². The van der Waals surface area contributed by atoms with E-state index in [0.29, 0.717) is 22.8 Å². The first-order valence-electron chi connectivity index (χ1n) is 15.5. The van der Waals surface area contributed by atoms with Gasteiger partial charge in [0.05, 0.1) is 0 Å². The molecule has 0 saturated carbocycles. The summed E-state index contributed by atoms with van der Waals surface area (Å²) in [6, 6.07) is 48.9. The van der Waals surface area contributed by atoms with Crippen LogP contribution in [0.4, 0.5) is 5.69 Å². The van der Waals surface area contributed by atoms with Crippen LogP contribution in [0, 0.1) is 49.5 Å². The zero-order valence-electron chi connectivity index (χ0n) is 28.0. The van der Waals surface area contributed by atoms with E-state index < -0.39 is 0 Å². The summed E-state index contributed by atoms with van der Waals surface area (Å²) in [7, 11) is 1.98. The average molecular weight is 1010 g/mol. The van der Waals surface area contributed by atoms with Gasteiger partial charge in [-0.3, -0.25) is 12.1 Å². The minimum absolute atomic E-state index is 0. The molecule has 0 N–H and O–H groups in total. The summed E-state index contributed by atoms with van der Waals surface area (Å²) in [5.74, 6) is 1.15. The van der Waals surface area contributed by atoms with Gasteiger partial charge < -0.3 is 42.1 Å². The van der Waals surface area contributed by atoms with Crippen molar-refractivity contribution in [3.05, 3.63) is 171 Å². The molecule has 0 fully saturated rings. The summed E-state index contributed by atoms with van der Waals surface area (Å²) in [6.45, 7) is 8.66. The predicted octanol–water partition coefficient (Wildman–Crippen LogP) is 9.39. The van der Waals surface area contributed by atoms with Crippen molar-refractivity contribution >= 4 is 5.69 Å². The summed E-state index contributed by atoms with van der Waals surface area (Å²) < 4.78 is 7.65. The second-order valence-corrected chi connectivity index (χ2v) is 12.2. The predicted molar refractivity (Wildman–Crippen MR) is 191 cm³/mol. The van der Waals surface area contributed by atoms with Crippen molar-refractivity contribution < 1.29 is 46.9 Å². The zero-order valence-corrected chi connectivity index (χ0v) is 32.5. The number of aromatic nitrogens is 2. The monoisotopic (exact) mass is 1010 g/mol. The number of anilines is 1. The first-order chi connectivity index (χ1) is 23.2. The third-order valence-electron chi connectivity index (χ3n) is 7.59. The number of hydrogen-bond acceptors (Lipinski definition) is 4. The first-order valence-corrected chi connectivity index (χ1v) is 15.5. The van der Waals surface area contributed by atoms with Crippen LogP contribution < -0.4 is 9.64 Å². The normalized spacial score (nSPS) is 11.8. The minimum atomic E-state index is 0. The Bertz CT molecular complexity index is 2040. The molecule has 3 heterocycles. The average Bonchev–Trinajstić information content (AvgIpc) is 3.81. The van der Waals surface area contributed by atoms with E-state index in [9.17, 15) is 0 Å². The molecule has 0 saturated heterocycles. The maximum atomic E-state index is 6.57. The molecule has 6 aromatic rings. The van der Waals surface area contributed by atoms with Crippen molar-refractivity contribution in [1.82, 2.24) is 14.5 Å². The van der Waals surface area contributed by atoms with Crippen LogP contribution in [0.1, 0.15) is 26.3 Å². The van der Waals surface area contributed by atoms with Crippen molar-refractivity contribution in [2.45, 2.75) is 26.2 Å². The van der Waals surface area contributed by atoms with Gasteiger partial charge in [0.2, 0.25) is 0 Å². The van der Waals surface area contributed by atoms with Crippen LogP contribution in [0.3, 0.4) is 0 Å². The van der Waals surface area contributed by atoms with Gasteiger partial charge in [0.25, 0.3) is 0 Å². The van der Waals surface area contributed by atoms with Crippen molar-refractivity contribution in [3.63, 3.8) is 0 Å². The second kappa shape index (κ2) is 17.4.